The summed E-state index contributed by atoms with van der Waals surface area (Å²) in [6.07, 6.45) is 4.09. The Morgan fingerprint density at radius 2 is 2.36 bits per heavy atom. The SMILES string of the molecule is CN1CCO[C@H](CN(CC2CC2)C(=O)c2c[nH]c(C#N)c2)C1. The van der Waals surface area contributed by atoms with E-state index in [2.05, 4.69) is 16.9 Å². The summed E-state index contributed by atoms with van der Waals surface area (Å²) in [5.41, 5.74) is 0.977. The lowest BCUT2D eigenvalue weighted by Gasteiger charge is -2.34. The molecule has 1 amide bonds. The minimum Gasteiger partial charge on any atom is -0.374 e. The van der Waals surface area contributed by atoms with Crippen LogP contribution in [0.2, 0.25) is 0 Å². The van der Waals surface area contributed by atoms with Gasteiger partial charge in [0.1, 0.15) is 11.8 Å². The Morgan fingerprint density at radius 3 is 3.00 bits per heavy atom. The molecule has 1 atom stereocenters. The minimum atomic E-state index is -0.0125. The van der Waals surface area contributed by atoms with Gasteiger partial charge in [-0.25, -0.2) is 0 Å². The van der Waals surface area contributed by atoms with Crippen molar-refractivity contribution in [2.24, 2.45) is 5.92 Å². The van der Waals surface area contributed by atoms with Gasteiger partial charge in [0.15, 0.2) is 0 Å². The maximum absolute atomic E-state index is 12.7. The van der Waals surface area contributed by atoms with Crippen LogP contribution >= 0.6 is 0 Å². The van der Waals surface area contributed by atoms with Crippen molar-refractivity contribution in [1.29, 1.82) is 5.26 Å². The van der Waals surface area contributed by atoms with Crippen molar-refractivity contribution in [3.05, 3.63) is 23.5 Å². The van der Waals surface area contributed by atoms with E-state index in [0.717, 1.165) is 26.2 Å². The van der Waals surface area contributed by atoms with Gasteiger partial charge >= 0.3 is 0 Å². The standard InChI is InChI=1S/C16H22N4O2/c1-19-4-5-22-15(10-19)11-20(9-12-2-3-12)16(21)13-6-14(7-17)18-8-13/h6,8,12,15,18H,2-5,9-11H2,1H3/t15-/m0/s1. The zero-order valence-corrected chi connectivity index (χ0v) is 12.9. The summed E-state index contributed by atoms with van der Waals surface area (Å²) in [4.78, 5) is 19.7. The second-order valence-electron chi connectivity index (χ2n) is 6.32. The largest absolute Gasteiger partial charge is 0.374 e. The molecule has 1 N–H and O–H groups in total. The molecule has 1 saturated heterocycles. The van der Waals surface area contributed by atoms with Crippen molar-refractivity contribution in [1.82, 2.24) is 14.8 Å². The summed E-state index contributed by atoms with van der Waals surface area (Å²) >= 11 is 0. The Balaban J connectivity index is 1.68. The average Bonchev–Trinajstić information content (AvgIpc) is 3.19. The monoisotopic (exact) mass is 302 g/mol. The molecule has 0 bridgehead atoms. The molecule has 6 heteroatoms. The smallest absolute Gasteiger partial charge is 0.255 e. The first-order chi connectivity index (χ1) is 10.7. The summed E-state index contributed by atoms with van der Waals surface area (Å²) in [6, 6.07) is 3.64. The molecule has 1 aromatic heterocycles. The summed E-state index contributed by atoms with van der Waals surface area (Å²) < 4.78 is 5.80. The van der Waals surface area contributed by atoms with E-state index >= 15 is 0 Å². The highest BCUT2D eigenvalue weighted by Crippen LogP contribution is 2.30. The van der Waals surface area contributed by atoms with Crippen LogP contribution in [0, 0.1) is 17.2 Å². The van der Waals surface area contributed by atoms with Gasteiger partial charge in [-0.1, -0.05) is 0 Å². The van der Waals surface area contributed by atoms with Gasteiger partial charge in [-0.15, -0.1) is 0 Å². The molecular formula is C16H22N4O2. The summed E-state index contributed by atoms with van der Waals surface area (Å²) in [5, 5.41) is 8.89. The van der Waals surface area contributed by atoms with Crippen molar-refractivity contribution in [3.8, 4) is 6.07 Å². The highest BCUT2D eigenvalue weighted by Gasteiger charge is 2.30. The Kier molecular flexibility index (Phi) is 4.46. The Bertz CT molecular complexity index is 573. The van der Waals surface area contributed by atoms with Crippen molar-refractivity contribution >= 4 is 5.91 Å². The van der Waals surface area contributed by atoms with E-state index in [-0.39, 0.29) is 12.0 Å². The zero-order chi connectivity index (χ0) is 15.5. The highest BCUT2D eigenvalue weighted by atomic mass is 16.5. The van der Waals surface area contributed by atoms with Crippen molar-refractivity contribution < 1.29 is 9.53 Å². The van der Waals surface area contributed by atoms with Crippen LogP contribution in [0.25, 0.3) is 0 Å². The van der Waals surface area contributed by atoms with Gasteiger partial charge < -0.3 is 19.5 Å². The van der Waals surface area contributed by atoms with E-state index in [0.29, 0.717) is 23.7 Å². The number of morpholine rings is 1. The summed E-state index contributed by atoms with van der Waals surface area (Å²) in [6.45, 7) is 3.92. The first-order valence-electron chi connectivity index (χ1n) is 7.83. The number of ether oxygens (including phenoxy) is 1. The molecule has 0 unspecified atom stereocenters. The van der Waals surface area contributed by atoms with E-state index in [4.69, 9.17) is 10.00 Å². The molecule has 0 spiro atoms. The molecule has 2 fully saturated rings. The number of nitrogens with one attached hydrogen (secondary N) is 1. The fourth-order valence-corrected chi connectivity index (χ4v) is 2.84. The minimum absolute atomic E-state index is 0.0125. The number of rotatable bonds is 5. The Morgan fingerprint density at radius 1 is 1.55 bits per heavy atom. The van der Waals surface area contributed by atoms with E-state index in [1.54, 1.807) is 12.3 Å². The van der Waals surface area contributed by atoms with Crippen molar-refractivity contribution in [2.45, 2.75) is 18.9 Å². The lowest BCUT2D eigenvalue weighted by atomic mass is 10.2. The number of carbonyl (C=O) groups is 1. The molecule has 1 aliphatic heterocycles. The van der Waals surface area contributed by atoms with Gasteiger partial charge in [0, 0.05) is 32.4 Å². The van der Waals surface area contributed by atoms with Crippen LogP contribution in [0.15, 0.2) is 12.3 Å². The van der Waals surface area contributed by atoms with Crippen LogP contribution in [0.4, 0.5) is 0 Å². The number of amides is 1. The zero-order valence-electron chi connectivity index (χ0n) is 12.9. The third-order valence-electron chi connectivity index (χ3n) is 4.28. The second-order valence-corrected chi connectivity index (χ2v) is 6.32. The summed E-state index contributed by atoms with van der Waals surface area (Å²) in [5.74, 6) is 0.612. The maximum atomic E-state index is 12.7. The molecule has 118 valence electrons. The van der Waals surface area contributed by atoms with Crippen LogP contribution in [0.5, 0.6) is 0 Å². The number of aromatic amines is 1. The van der Waals surface area contributed by atoms with Crippen LogP contribution in [-0.2, 0) is 4.74 Å². The number of hydrogen-bond acceptors (Lipinski definition) is 4. The first kappa shape index (κ1) is 15.1. The van der Waals surface area contributed by atoms with Crippen molar-refractivity contribution in [3.63, 3.8) is 0 Å². The topological polar surface area (TPSA) is 72.4 Å². The second kappa shape index (κ2) is 6.51. The number of nitriles is 1. The fraction of sp³-hybridized carbons (Fsp3) is 0.625. The van der Waals surface area contributed by atoms with Crippen LogP contribution in [0.1, 0.15) is 28.9 Å². The Labute approximate surface area is 130 Å². The number of likely N-dealkylation sites (N-methyl/N-ethyl adjacent to an activating group) is 1. The molecule has 1 saturated carbocycles. The number of H-pyrrole nitrogens is 1. The highest BCUT2D eigenvalue weighted by molar-refractivity contribution is 5.94. The third kappa shape index (κ3) is 3.67. The van der Waals surface area contributed by atoms with Crippen molar-refractivity contribution in [2.75, 3.05) is 39.8 Å². The molecule has 2 aliphatic rings. The van der Waals surface area contributed by atoms with Gasteiger partial charge in [0.05, 0.1) is 18.3 Å². The van der Waals surface area contributed by atoms with E-state index in [1.165, 1.54) is 12.8 Å². The predicted molar refractivity (Wildman–Crippen MR) is 81.4 cm³/mol. The fourth-order valence-electron chi connectivity index (χ4n) is 2.84. The number of aromatic nitrogens is 1. The van der Waals surface area contributed by atoms with Gasteiger partial charge in [-0.05, 0) is 31.9 Å². The molecule has 1 aromatic rings. The van der Waals surface area contributed by atoms with Gasteiger partial charge in [-0.3, -0.25) is 4.79 Å². The molecule has 22 heavy (non-hydrogen) atoms. The molecule has 0 radical (unpaired) electrons. The van der Waals surface area contributed by atoms with Crippen LogP contribution < -0.4 is 0 Å². The summed E-state index contributed by atoms with van der Waals surface area (Å²) in [7, 11) is 2.08. The van der Waals surface area contributed by atoms with Crippen LogP contribution in [0.3, 0.4) is 0 Å². The first-order valence-corrected chi connectivity index (χ1v) is 7.83. The number of carbonyl (C=O) groups excluding carboxylic acids is 1. The Hall–Kier alpha value is -1.84. The van der Waals surface area contributed by atoms with Crippen LogP contribution in [-0.4, -0.2) is 66.6 Å². The average molecular weight is 302 g/mol. The van der Waals surface area contributed by atoms with E-state index in [1.807, 2.05) is 11.0 Å². The lowest BCUT2D eigenvalue weighted by Crippen LogP contribution is -2.48. The third-order valence-corrected chi connectivity index (χ3v) is 4.28. The normalized spacial score (nSPS) is 22.3. The number of nitrogens with zero attached hydrogens (tertiary/aromatic N) is 3. The molecule has 6 nitrogen and oxygen atoms in total. The predicted octanol–water partition coefficient (Wildman–Crippen LogP) is 1.07. The quantitative estimate of drug-likeness (QED) is 0.883. The lowest BCUT2D eigenvalue weighted by molar-refractivity contribution is -0.0331. The maximum Gasteiger partial charge on any atom is 0.255 e. The molecule has 1 aliphatic carbocycles. The molecule has 3 rings (SSSR count). The molecule has 2 heterocycles. The number of hydrogen-bond donors (Lipinski definition) is 1. The van der Waals surface area contributed by atoms with Gasteiger partial charge in [0.2, 0.25) is 0 Å². The van der Waals surface area contributed by atoms with Gasteiger partial charge in [0.25, 0.3) is 5.91 Å². The van der Waals surface area contributed by atoms with E-state index in [9.17, 15) is 4.79 Å². The molecule has 0 aromatic carbocycles. The molecular weight excluding hydrogens is 280 g/mol. The van der Waals surface area contributed by atoms with Gasteiger partial charge in [-0.2, -0.15) is 5.26 Å². The van der Waals surface area contributed by atoms with E-state index < -0.39 is 0 Å².